The van der Waals surface area contributed by atoms with E-state index < -0.39 is 0 Å². The number of aliphatic hydroxyl groups is 1. The Balaban J connectivity index is 0.0000143. The second-order valence-electron chi connectivity index (χ2n) is 16.9. The maximum atomic E-state index is 12.9. The predicted octanol–water partition coefficient (Wildman–Crippen LogP) is 13.3. The van der Waals surface area contributed by atoms with Crippen LogP contribution in [0.5, 0.6) is 0 Å². The van der Waals surface area contributed by atoms with Crippen molar-refractivity contribution in [3.63, 3.8) is 0 Å². The van der Waals surface area contributed by atoms with Crippen LogP contribution in [0.3, 0.4) is 0 Å². The van der Waals surface area contributed by atoms with Crippen molar-refractivity contribution in [2.75, 3.05) is 26.8 Å². The van der Waals surface area contributed by atoms with Crippen LogP contribution in [0.2, 0.25) is 0 Å². The van der Waals surface area contributed by atoms with Crippen LogP contribution in [-0.4, -0.2) is 67.7 Å². The Kier molecular flexibility index (Phi) is 41.0. The van der Waals surface area contributed by atoms with Gasteiger partial charge in [0.05, 0.1) is 6.61 Å². The van der Waals surface area contributed by atoms with Crippen LogP contribution < -0.4 is 0 Å². The Morgan fingerprint density at radius 2 is 1.02 bits per heavy atom. The zero-order valence-corrected chi connectivity index (χ0v) is 37.0. The molecule has 0 spiro atoms. The van der Waals surface area contributed by atoms with Crippen LogP contribution in [0.1, 0.15) is 245 Å². The van der Waals surface area contributed by atoms with Gasteiger partial charge in [-0.1, -0.05) is 155 Å². The van der Waals surface area contributed by atoms with Crippen LogP contribution in [0.4, 0.5) is 0 Å². The minimum Gasteiger partial charge on any atom is -0.465 e. The van der Waals surface area contributed by atoms with E-state index in [0.717, 1.165) is 70.8 Å². The third kappa shape index (κ3) is 35.4. The number of hydrogen-bond donors (Lipinski definition) is 1. The summed E-state index contributed by atoms with van der Waals surface area (Å²) in [6.07, 6.45) is 42.0. The standard InChI is InChI=1S/C47H91NO5.CH2O/c1-4-6-8-10-19-23-33-43(32-22-9-7-5-2)42-52-46(50)38-28-26-34-44(48(3)40-30-31-41-49)35-27-29-39-47(51)53-45-36-24-20-17-15-13-11-12-14-16-18-21-25-37-45;1-2/h43-45,49H,4-42H2,1-3H3;1H2. The van der Waals surface area contributed by atoms with Gasteiger partial charge in [-0.15, -0.1) is 0 Å². The van der Waals surface area contributed by atoms with E-state index in [1.54, 1.807) is 0 Å². The first-order valence-corrected chi connectivity index (χ1v) is 23.9. The number of carbonyl (C=O) groups excluding carboxylic acids is 3. The number of rotatable bonds is 30. The normalized spacial score (nSPS) is 16.3. The van der Waals surface area contributed by atoms with E-state index >= 15 is 0 Å². The van der Waals surface area contributed by atoms with Gasteiger partial charge in [0.15, 0.2) is 0 Å². The average Bonchev–Trinajstić information content (AvgIpc) is 3.20. The van der Waals surface area contributed by atoms with Crippen molar-refractivity contribution in [2.45, 2.75) is 257 Å². The summed E-state index contributed by atoms with van der Waals surface area (Å²) in [4.78, 5) is 36.2. The molecule has 2 atom stereocenters. The molecule has 1 saturated carbocycles. The highest BCUT2D eigenvalue weighted by molar-refractivity contribution is 5.69. The molecule has 326 valence electrons. The van der Waals surface area contributed by atoms with Gasteiger partial charge in [-0.25, -0.2) is 0 Å². The maximum absolute atomic E-state index is 12.9. The monoisotopic (exact) mass is 780 g/mol. The molecule has 7 nitrogen and oxygen atoms in total. The molecule has 0 bridgehead atoms. The van der Waals surface area contributed by atoms with Gasteiger partial charge in [-0.2, -0.15) is 0 Å². The minimum atomic E-state index is -0.0270. The minimum absolute atomic E-state index is 0.00514. The molecule has 0 saturated heterocycles. The fourth-order valence-corrected chi connectivity index (χ4v) is 8.23. The maximum Gasteiger partial charge on any atom is 0.306 e. The molecule has 1 N–H and O–H groups in total. The van der Waals surface area contributed by atoms with Crippen LogP contribution in [-0.2, 0) is 23.9 Å². The second-order valence-corrected chi connectivity index (χ2v) is 16.9. The van der Waals surface area contributed by atoms with E-state index in [1.165, 1.54) is 154 Å². The van der Waals surface area contributed by atoms with Crippen LogP contribution in [0, 0.1) is 5.92 Å². The number of ether oxygens (including phenoxy) is 2. The zero-order chi connectivity index (χ0) is 40.5. The molecular formula is C48H93NO6. The number of esters is 2. The summed E-state index contributed by atoms with van der Waals surface area (Å²) < 4.78 is 11.9. The SMILES string of the molecule is C=O.CCCCCCCCC(CCCCCC)COC(=O)CCCCC(CCCCC(=O)OC1CCCCCCCCCCCCCC1)N(C)CCCCO. The van der Waals surface area contributed by atoms with E-state index in [4.69, 9.17) is 14.3 Å². The van der Waals surface area contributed by atoms with Gasteiger partial charge < -0.3 is 24.3 Å². The highest BCUT2D eigenvalue weighted by Gasteiger charge is 2.18. The zero-order valence-electron chi connectivity index (χ0n) is 37.0. The van der Waals surface area contributed by atoms with Gasteiger partial charge in [0, 0.05) is 25.5 Å². The Hall–Kier alpha value is -1.47. The molecule has 7 heteroatoms. The molecule has 0 aliphatic heterocycles. The number of hydrogen-bond acceptors (Lipinski definition) is 7. The summed E-state index contributed by atoms with van der Waals surface area (Å²) in [5, 5.41) is 9.32. The van der Waals surface area contributed by atoms with Gasteiger partial charge in [-0.05, 0) is 96.6 Å². The molecule has 2 unspecified atom stereocenters. The molecule has 0 amide bonds. The lowest BCUT2D eigenvalue weighted by atomic mass is 9.95. The summed E-state index contributed by atoms with van der Waals surface area (Å²) in [6.45, 7) is 8.33. The number of aliphatic hydroxyl groups excluding tert-OH is 1. The summed E-state index contributed by atoms with van der Waals surface area (Å²) in [5.41, 5.74) is 0. The molecule has 0 aromatic rings. The largest absolute Gasteiger partial charge is 0.465 e. The molecule has 0 aromatic heterocycles. The van der Waals surface area contributed by atoms with Crippen molar-refractivity contribution in [2.24, 2.45) is 5.92 Å². The van der Waals surface area contributed by atoms with Gasteiger partial charge in [0.2, 0.25) is 0 Å². The Morgan fingerprint density at radius 1 is 0.582 bits per heavy atom. The van der Waals surface area contributed by atoms with Crippen LogP contribution in [0.25, 0.3) is 0 Å². The van der Waals surface area contributed by atoms with Crippen molar-refractivity contribution < 1.29 is 29.0 Å². The van der Waals surface area contributed by atoms with E-state index in [-0.39, 0.29) is 24.6 Å². The third-order valence-corrected chi connectivity index (χ3v) is 11.9. The summed E-state index contributed by atoms with van der Waals surface area (Å²) in [7, 11) is 2.20. The van der Waals surface area contributed by atoms with Crippen LogP contribution >= 0.6 is 0 Å². The lowest BCUT2D eigenvalue weighted by Crippen LogP contribution is -2.32. The van der Waals surface area contributed by atoms with Crippen molar-refractivity contribution in [1.82, 2.24) is 4.90 Å². The fourth-order valence-electron chi connectivity index (χ4n) is 8.23. The van der Waals surface area contributed by atoms with Gasteiger partial charge in [-0.3, -0.25) is 9.59 Å². The highest BCUT2D eigenvalue weighted by atomic mass is 16.5. The first kappa shape index (κ1) is 53.5. The van der Waals surface area contributed by atoms with E-state index in [2.05, 4.69) is 25.8 Å². The van der Waals surface area contributed by atoms with E-state index in [1.807, 2.05) is 6.79 Å². The summed E-state index contributed by atoms with van der Waals surface area (Å²) in [5.74, 6) is 0.477. The average molecular weight is 780 g/mol. The molecule has 1 aliphatic carbocycles. The molecule has 1 rings (SSSR count). The molecular weight excluding hydrogens is 687 g/mol. The molecule has 0 aromatic carbocycles. The number of carbonyl (C=O) groups is 3. The van der Waals surface area contributed by atoms with Gasteiger partial charge >= 0.3 is 11.9 Å². The van der Waals surface area contributed by atoms with Crippen molar-refractivity contribution in [3.8, 4) is 0 Å². The summed E-state index contributed by atoms with van der Waals surface area (Å²) in [6, 6.07) is 0.425. The predicted molar refractivity (Wildman–Crippen MR) is 233 cm³/mol. The molecule has 1 aliphatic rings. The van der Waals surface area contributed by atoms with Crippen LogP contribution in [0.15, 0.2) is 0 Å². The fraction of sp³-hybridized carbons (Fsp3) is 0.938. The Labute approximate surface area is 341 Å². The first-order valence-electron chi connectivity index (χ1n) is 23.9. The van der Waals surface area contributed by atoms with E-state index in [9.17, 15) is 14.7 Å². The third-order valence-electron chi connectivity index (χ3n) is 11.9. The first-order chi connectivity index (χ1) is 27.0. The smallest absolute Gasteiger partial charge is 0.306 e. The van der Waals surface area contributed by atoms with Crippen molar-refractivity contribution in [3.05, 3.63) is 0 Å². The second kappa shape index (κ2) is 42.1. The highest BCUT2D eigenvalue weighted by Crippen LogP contribution is 2.22. The Bertz CT molecular complexity index is 808. The van der Waals surface area contributed by atoms with Gasteiger partial charge in [0.25, 0.3) is 0 Å². The lowest BCUT2D eigenvalue weighted by molar-refractivity contribution is -0.150. The Morgan fingerprint density at radius 3 is 1.53 bits per heavy atom. The topological polar surface area (TPSA) is 93.1 Å². The summed E-state index contributed by atoms with van der Waals surface area (Å²) >= 11 is 0. The van der Waals surface area contributed by atoms with Crippen molar-refractivity contribution >= 4 is 18.7 Å². The molecule has 55 heavy (non-hydrogen) atoms. The molecule has 0 radical (unpaired) electrons. The quantitative estimate of drug-likeness (QED) is 0.0573. The van der Waals surface area contributed by atoms with E-state index in [0.29, 0.717) is 31.4 Å². The molecule has 0 heterocycles. The number of unbranched alkanes of at least 4 members (excludes halogenated alkanes) is 11. The molecule has 1 fully saturated rings. The lowest BCUT2D eigenvalue weighted by Gasteiger charge is -2.28. The number of nitrogens with zero attached hydrogens (tertiary/aromatic N) is 1. The van der Waals surface area contributed by atoms with Gasteiger partial charge in [0.1, 0.15) is 12.9 Å². The van der Waals surface area contributed by atoms with Crippen molar-refractivity contribution in [1.29, 1.82) is 0 Å².